The van der Waals surface area contributed by atoms with E-state index in [-0.39, 0.29) is 5.78 Å². The van der Waals surface area contributed by atoms with Gasteiger partial charge in [-0.15, -0.1) is 0 Å². The van der Waals surface area contributed by atoms with E-state index in [1.165, 1.54) is 8.61 Å². The number of nitrogens with zero attached hydrogens (tertiary/aromatic N) is 2. The molecule has 2 aromatic carbocycles. The predicted molar refractivity (Wildman–Crippen MR) is 104 cm³/mol. The fraction of sp³-hybridized carbons (Fsp3) is 0.350. The van der Waals surface area contributed by atoms with Crippen molar-refractivity contribution >= 4 is 27.4 Å². The molecule has 4 rings (SSSR count). The number of rotatable bonds is 4. The summed E-state index contributed by atoms with van der Waals surface area (Å²) in [6, 6.07) is 11.4. The van der Waals surface area contributed by atoms with Crippen molar-refractivity contribution in [3.05, 3.63) is 47.5 Å². The smallest absolute Gasteiger partial charge is 0.295 e. The van der Waals surface area contributed by atoms with Gasteiger partial charge in [0.25, 0.3) is 0 Å². The zero-order valence-corrected chi connectivity index (χ0v) is 16.0. The lowest BCUT2D eigenvalue weighted by Crippen LogP contribution is -2.36. The number of benzene rings is 2. The Balaban J connectivity index is 1.80. The minimum absolute atomic E-state index is 0.0164. The highest BCUT2D eigenvalue weighted by Crippen LogP contribution is 2.44. The third-order valence-corrected chi connectivity index (χ3v) is 7.08. The van der Waals surface area contributed by atoms with Gasteiger partial charge in [-0.25, -0.2) is 0 Å². The molecular formula is C20H22N2O3S. The number of aryl methyl sites for hydroxylation is 1. The molecule has 1 saturated carbocycles. The predicted octanol–water partition coefficient (Wildman–Crippen LogP) is 3.78. The maximum atomic E-state index is 12.8. The van der Waals surface area contributed by atoms with Crippen molar-refractivity contribution in [2.75, 3.05) is 22.2 Å². The van der Waals surface area contributed by atoms with Crippen LogP contribution in [0.3, 0.4) is 0 Å². The maximum Gasteiger partial charge on any atom is 0.326 e. The second-order valence-corrected chi connectivity index (χ2v) is 9.12. The highest BCUT2D eigenvalue weighted by atomic mass is 32.2. The molecule has 0 atom stereocenters. The summed E-state index contributed by atoms with van der Waals surface area (Å²) in [5.41, 5.74) is 5.00. The van der Waals surface area contributed by atoms with Gasteiger partial charge in [0.05, 0.1) is 11.4 Å². The molecule has 0 amide bonds. The summed E-state index contributed by atoms with van der Waals surface area (Å²) >= 11 is 0. The third-order valence-electron chi connectivity index (χ3n) is 5.28. The van der Waals surface area contributed by atoms with Crippen molar-refractivity contribution in [3.8, 4) is 11.1 Å². The number of Topliss-reactive ketones (excluding diaryl/α,β-unsaturated/α-hetero) is 1. The van der Waals surface area contributed by atoms with Crippen molar-refractivity contribution in [2.45, 2.75) is 26.7 Å². The first-order valence-corrected chi connectivity index (χ1v) is 10.2. The lowest BCUT2D eigenvalue weighted by Gasteiger charge is -2.18. The number of hydrogen-bond acceptors (Lipinski definition) is 3. The Bertz CT molecular complexity index is 1010. The Labute approximate surface area is 154 Å². The van der Waals surface area contributed by atoms with Crippen molar-refractivity contribution in [3.63, 3.8) is 0 Å². The quantitative estimate of drug-likeness (QED) is 0.770. The molecule has 1 aliphatic heterocycles. The molecule has 5 nitrogen and oxygen atoms in total. The third kappa shape index (κ3) is 2.69. The monoisotopic (exact) mass is 370 g/mol. The molecular weight excluding hydrogens is 348 g/mol. The number of hydrogen-bond donors (Lipinski definition) is 0. The Hall–Kier alpha value is -2.34. The van der Waals surface area contributed by atoms with E-state index in [2.05, 4.69) is 0 Å². The van der Waals surface area contributed by atoms with Gasteiger partial charge in [-0.05, 0) is 67.5 Å². The molecule has 1 aliphatic carbocycles. The van der Waals surface area contributed by atoms with Crippen LogP contribution in [0.5, 0.6) is 0 Å². The molecule has 0 N–H and O–H groups in total. The fourth-order valence-corrected chi connectivity index (χ4v) is 4.92. The van der Waals surface area contributed by atoms with Gasteiger partial charge in [-0.3, -0.25) is 13.4 Å². The summed E-state index contributed by atoms with van der Waals surface area (Å²) in [6.45, 7) is 4.09. The second-order valence-electron chi connectivity index (χ2n) is 7.24. The molecule has 6 heteroatoms. The molecule has 0 saturated heterocycles. The van der Waals surface area contributed by atoms with Crippen LogP contribution in [0, 0.1) is 12.8 Å². The largest absolute Gasteiger partial charge is 0.326 e. The van der Waals surface area contributed by atoms with Crippen LogP contribution in [-0.4, -0.2) is 27.8 Å². The summed E-state index contributed by atoms with van der Waals surface area (Å²) in [6.07, 6.45) is 2.19. The van der Waals surface area contributed by atoms with E-state index < -0.39 is 10.2 Å². The number of anilines is 2. The summed E-state index contributed by atoms with van der Waals surface area (Å²) in [5, 5.41) is 0. The molecule has 0 radical (unpaired) electrons. The molecule has 136 valence electrons. The fourth-order valence-electron chi connectivity index (χ4n) is 3.43. The minimum Gasteiger partial charge on any atom is -0.295 e. The molecule has 1 heterocycles. The SMILES string of the molecule is CC(=O)c1ccc(C)c(-c2ccc3c(c2)N(C)S(=O)(=O)N3CC2CC2)c1. The van der Waals surface area contributed by atoms with Gasteiger partial charge in [0.1, 0.15) is 0 Å². The van der Waals surface area contributed by atoms with Gasteiger partial charge >= 0.3 is 10.2 Å². The van der Waals surface area contributed by atoms with Gasteiger partial charge in [-0.2, -0.15) is 8.42 Å². The average Bonchev–Trinajstić information content (AvgIpc) is 3.40. The highest BCUT2D eigenvalue weighted by Gasteiger charge is 2.40. The van der Waals surface area contributed by atoms with Crippen LogP contribution >= 0.6 is 0 Å². The molecule has 0 bridgehead atoms. The standard InChI is InChI=1S/C20H22N2O3S/c1-13-4-7-16(14(2)23)10-18(13)17-8-9-19-20(11-17)21(3)26(24,25)22(19)12-15-5-6-15/h4,7-11,15H,5-6,12H2,1-3H3. The first-order valence-electron chi connectivity index (χ1n) is 8.81. The lowest BCUT2D eigenvalue weighted by molar-refractivity contribution is 0.101. The van der Waals surface area contributed by atoms with E-state index in [0.717, 1.165) is 35.2 Å². The van der Waals surface area contributed by atoms with E-state index in [4.69, 9.17) is 0 Å². The van der Waals surface area contributed by atoms with Crippen LogP contribution in [0.15, 0.2) is 36.4 Å². The van der Waals surface area contributed by atoms with Crippen LogP contribution in [0.1, 0.15) is 35.7 Å². The van der Waals surface area contributed by atoms with E-state index >= 15 is 0 Å². The van der Waals surface area contributed by atoms with E-state index in [0.29, 0.717) is 23.7 Å². The number of carbonyl (C=O) groups is 1. The molecule has 2 aliphatic rings. The van der Waals surface area contributed by atoms with E-state index in [9.17, 15) is 13.2 Å². The van der Waals surface area contributed by atoms with Gasteiger partial charge in [0.2, 0.25) is 0 Å². The van der Waals surface area contributed by atoms with Crippen LogP contribution in [-0.2, 0) is 10.2 Å². The Morgan fingerprint density at radius 3 is 2.50 bits per heavy atom. The van der Waals surface area contributed by atoms with Crippen molar-refractivity contribution < 1.29 is 13.2 Å². The van der Waals surface area contributed by atoms with E-state index in [1.807, 2.05) is 43.3 Å². The zero-order chi connectivity index (χ0) is 18.6. The molecule has 26 heavy (non-hydrogen) atoms. The number of ketones is 1. The van der Waals surface area contributed by atoms with Crippen LogP contribution in [0.25, 0.3) is 11.1 Å². The van der Waals surface area contributed by atoms with Gasteiger partial charge in [-0.1, -0.05) is 18.2 Å². The summed E-state index contributed by atoms with van der Waals surface area (Å²) < 4.78 is 28.4. The van der Waals surface area contributed by atoms with Crippen LogP contribution in [0.4, 0.5) is 11.4 Å². The van der Waals surface area contributed by atoms with Crippen molar-refractivity contribution in [1.82, 2.24) is 0 Å². The number of fused-ring (bicyclic) bond motifs is 1. The average molecular weight is 370 g/mol. The zero-order valence-electron chi connectivity index (χ0n) is 15.2. The van der Waals surface area contributed by atoms with Crippen molar-refractivity contribution in [1.29, 1.82) is 0 Å². The number of carbonyl (C=O) groups excluding carboxylic acids is 1. The second kappa shape index (κ2) is 5.84. The topological polar surface area (TPSA) is 57.7 Å². The van der Waals surface area contributed by atoms with Crippen molar-refractivity contribution in [2.24, 2.45) is 5.92 Å². The summed E-state index contributed by atoms with van der Waals surface area (Å²) in [7, 11) is -1.90. The molecule has 0 unspecified atom stereocenters. The van der Waals surface area contributed by atoms with Gasteiger partial charge in [0.15, 0.2) is 5.78 Å². The highest BCUT2D eigenvalue weighted by molar-refractivity contribution is 7.94. The summed E-state index contributed by atoms with van der Waals surface area (Å²) in [5.74, 6) is 0.487. The Morgan fingerprint density at radius 1 is 1.12 bits per heavy atom. The first-order chi connectivity index (χ1) is 12.3. The Morgan fingerprint density at radius 2 is 1.85 bits per heavy atom. The normalized spacial score (nSPS) is 18.1. The van der Waals surface area contributed by atoms with Crippen LogP contribution < -0.4 is 8.61 Å². The minimum atomic E-state index is -3.50. The molecule has 0 aromatic heterocycles. The summed E-state index contributed by atoms with van der Waals surface area (Å²) in [4.78, 5) is 11.7. The van der Waals surface area contributed by atoms with Gasteiger partial charge < -0.3 is 0 Å². The Kier molecular flexibility index (Phi) is 3.84. The molecule has 0 spiro atoms. The maximum absolute atomic E-state index is 12.8. The first kappa shape index (κ1) is 17.1. The lowest BCUT2D eigenvalue weighted by atomic mass is 9.96. The van der Waals surface area contributed by atoms with Crippen LogP contribution in [0.2, 0.25) is 0 Å². The van der Waals surface area contributed by atoms with E-state index in [1.54, 1.807) is 14.0 Å². The van der Waals surface area contributed by atoms with Gasteiger partial charge in [0, 0.05) is 19.2 Å². The molecule has 1 fully saturated rings. The molecule has 2 aromatic rings.